The number of ether oxygens (including phenoxy) is 1. The first-order valence-corrected chi connectivity index (χ1v) is 10.4. The Hall–Kier alpha value is -2.52. The first kappa shape index (κ1) is 21.8. The third-order valence-corrected chi connectivity index (χ3v) is 5.43. The van der Waals surface area contributed by atoms with Crippen LogP contribution in [0.5, 0.6) is 0 Å². The Bertz CT molecular complexity index is 835. The van der Waals surface area contributed by atoms with Gasteiger partial charge in [0.2, 0.25) is 0 Å². The van der Waals surface area contributed by atoms with Gasteiger partial charge in [0.05, 0.1) is 34.6 Å². The van der Waals surface area contributed by atoms with E-state index in [1.54, 1.807) is 19.1 Å². The molecule has 148 valence electrons. The predicted octanol–water partition coefficient (Wildman–Crippen LogP) is 4.44. The van der Waals surface area contributed by atoms with Crippen LogP contribution in [-0.4, -0.2) is 24.1 Å². The number of esters is 1. The van der Waals surface area contributed by atoms with Crippen molar-refractivity contribution < 1.29 is 14.3 Å². The fourth-order valence-electron chi connectivity index (χ4n) is 3.17. The van der Waals surface area contributed by atoms with Gasteiger partial charge >= 0.3 is 5.97 Å². The number of nitriles is 1. The van der Waals surface area contributed by atoms with Crippen LogP contribution in [0.15, 0.2) is 52.2 Å². The minimum absolute atomic E-state index is 0.00424. The molecule has 0 bridgehead atoms. The van der Waals surface area contributed by atoms with Crippen molar-refractivity contribution in [2.24, 2.45) is 11.8 Å². The van der Waals surface area contributed by atoms with Gasteiger partial charge in [0.15, 0.2) is 5.78 Å². The molecule has 0 amide bonds. The normalized spacial score (nSPS) is 16.6. The third kappa shape index (κ3) is 5.26. The Morgan fingerprint density at radius 1 is 1.29 bits per heavy atom. The number of thioether (sulfide) groups is 1. The molecule has 0 unspecified atom stereocenters. The summed E-state index contributed by atoms with van der Waals surface area (Å²) in [4.78, 5) is 24.9. The number of ketones is 1. The number of hydrogen-bond donors (Lipinski definition) is 1. The summed E-state index contributed by atoms with van der Waals surface area (Å²) < 4.78 is 5.22. The molecule has 1 heterocycles. The number of benzene rings is 1. The lowest BCUT2D eigenvalue weighted by Gasteiger charge is -2.29. The van der Waals surface area contributed by atoms with Gasteiger partial charge in [0.25, 0.3) is 0 Å². The van der Waals surface area contributed by atoms with Gasteiger partial charge in [-0.05, 0) is 26.2 Å². The quantitative estimate of drug-likeness (QED) is 0.515. The summed E-state index contributed by atoms with van der Waals surface area (Å²) in [5, 5.41) is 13.6. The van der Waals surface area contributed by atoms with Crippen LogP contribution in [0.25, 0.3) is 0 Å². The molecule has 28 heavy (non-hydrogen) atoms. The first-order chi connectivity index (χ1) is 13.4. The van der Waals surface area contributed by atoms with E-state index in [9.17, 15) is 14.9 Å². The first-order valence-electron chi connectivity index (χ1n) is 9.39. The lowest BCUT2D eigenvalue weighted by molar-refractivity contribution is -0.139. The van der Waals surface area contributed by atoms with E-state index in [1.807, 2.05) is 25.1 Å². The maximum absolute atomic E-state index is 12.5. The van der Waals surface area contributed by atoms with Gasteiger partial charge in [-0.3, -0.25) is 4.79 Å². The van der Waals surface area contributed by atoms with E-state index in [4.69, 9.17) is 4.74 Å². The van der Waals surface area contributed by atoms with Gasteiger partial charge in [-0.2, -0.15) is 5.26 Å². The summed E-state index contributed by atoms with van der Waals surface area (Å²) in [7, 11) is 0. The molecule has 0 fully saturated rings. The molecule has 1 aliphatic heterocycles. The molecule has 2 rings (SSSR count). The maximum atomic E-state index is 12.5. The highest BCUT2D eigenvalue weighted by molar-refractivity contribution is 8.03. The van der Waals surface area contributed by atoms with Crippen LogP contribution in [0.4, 0.5) is 0 Å². The summed E-state index contributed by atoms with van der Waals surface area (Å²) in [5.74, 6) is -0.222. The van der Waals surface area contributed by atoms with Crippen LogP contribution in [0, 0.1) is 23.2 Å². The molecule has 0 radical (unpaired) electrons. The van der Waals surface area contributed by atoms with E-state index in [2.05, 4.69) is 25.2 Å². The SMILES string of the molecule is CCOC(=O)C1=C(C)NC(SCC(=O)c2ccccc2)=C(C#N)[C@@H]1CC(C)C. The van der Waals surface area contributed by atoms with Gasteiger partial charge in [0.1, 0.15) is 0 Å². The van der Waals surface area contributed by atoms with Crippen LogP contribution in [0.1, 0.15) is 44.5 Å². The lowest BCUT2D eigenvalue weighted by Crippen LogP contribution is -2.31. The number of hydrogen-bond acceptors (Lipinski definition) is 6. The van der Waals surface area contributed by atoms with E-state index in [1.165, 1.54) is 11.8 Å². The van der Waals surface area contributed by atoms with Gasteiger partial charge < -0.3 is 10.1 Å². The van der Waals surface area contributed by atoms with Crippen molar-refractivity contribution in [3.05, 3.63) is 57.8 Å². The summed E-state index contributed by atoms with van der Waals surface area (Å²) in [6.45, 7) is 7.97. The molecule has 0 spiro atoms. The zero-order valence-corrected chi connectivity index (χ0v) is 17.6. The number of dihydropyridines is 1. The number of Topliss-reactive ketones (excluding diaryl/α,β-unsaturated/α-hetero) is 1. The molecule has 0 aromatic heterocycles. The van der Waals surface area contributed by atoms with Crippen molar-refractivity contribution in [3.8, 4) is 6.07 Å². The highest BCUT2D eigenvalue weighted by Gasteiger charge is 2.34. The fourth-order valence-corrected chi connectivity index (χ4v) is 4.18. The molecular formula is C22H26N2O3S. The highest BCUT2D eigenvalue weighted by Crippen LogP contribution is 2.38. The van der Waals surface area contributed by atoms with Gasteiger partial charge in [0, 0.05) is 17.2 Å². The molecule has 5 nitrogen and oxygen atoms in total. The molecule has 0 aliphatic carbocycles. The number of carbonyl (C=O) groups is 2. The fraction of sp³-hybridized carbons (Fsp3) is 0.409. The smallest absolute Gasteiger partial charge is 0.336 e. The molecule has 0 saturated heterocycles. The van der Waals surface area contributed by atoms with Crippen molar-refractivity contribution in [3.63, 3.8) is 0 Å². The number of carbonyl (C=O) groups excluding carboxylic acids is 2. The molecule has 0 saturated carbocycles. The molecule has 1 aromatic rings. The Balaban J connectivity index is 2.29. The summed E-state index contributed by atoms with van der Waals surface area (Å²) in [6.07, 6.45) is 0.659. The summed E-state index contributed by atoms with van der Waals surface area (Å²) in [5.41, 5.74) is 2.32. The summed E-state index contributed by atoms with van der Waals surface area (Å²) >= 11 is 1.30. The lowest BCUT2D eigenvalue weighted by atomic mass is 9.82. The zero-order valence-electron chi connectivity index (χ0n) is 16.7. The second kappa shape index (κ2) is 10.1. The van der Waals surface area contributed by atoms with Gasteiger partial charge in [-0.25, -0.2) is 4.79 Å². The van der Waals surface area contributed by atoms with Crippen LogP contribution in [0.3, 0.4) is 0 Å². The van der Waals surface area contributed by atoms with Crippen LogP contribution in [-0.2, 0) is 9.53 Å². The second-order valence-corrected chi connectivity index (χ2v) is 7.98. The molecule has 1 aliphatic rings. The van der Waals surface area contributed by atoms with E-state index >= 15 is 0 Å². The third-order valence-electron chi connectivity index (χ3n) is 4.41. The van der Waals surface area contributed by atoms with E-state index in [-0.39, 0.29) is 24.1 Å². The molecule has 6 heteroatoms. The van der Waals surface area contributed by atoms with Crippen LogP contribution < -0.4 is 5.32 Å². The Morgan fingerprint density at radius 2 is 1.96 bits per heavy atom. The minimum atomic E-state index is -0.393. The molecule has 1 N–H and O–H groups in total. The Morgan fingerprint density at radius 3 is 2.54 bits per heavy atom. The van der Waals surface area contributed by atoms with E-state index < -0.39 is 5.97 Å². The van der Waals surface area contributed by atoms with Gasteiger partial charge in [-0.15, -0.1) is 0 Å². The highest BCUT2D eigenvalue weighted by atomic mass is 32.2. The monoisotopic (exact) mass is 398 g/mol. The number of nitrogens with one attached hydrogen (secondary N) is 1. The van der Waals surface area contributed by atoms with Crippen molar-refractivity contribution in [1.82, 2.24) is 5.32 Å². The van der Waals surface area contributed by atoms with Crippen LogP contribution >= 0.6 is 11.8 Å². The van der Waals surface area contributed by atoms with Crippen molar-refractivity contribution in [2.45, 2.75) is 34.1 Å². The van der Waals surface area contributed by atoms with Crippen molar-refractivity contribution in [1.29, 1.82) is 5.26 Å². The van der Waals surface area contributed by atoms with Gasteiger partial charge in [-0.1, -0.05) is 55.9 Å². The average molecular weight is 399 g/mol. The van der Waals surface area contributed by atoms with Crippen LogP contribution in [0.2, 0.25) is 0 Å². The average Bonchev–Trinajstić information content (AvgIpc) is 2.66. The van der Waals surface area contributed by atoms with E-state index in [0.29, 0.717) is 39.8 Å². The topological polar surface area (TPSA) is 79.2 Å². The largest absolute Gasteiger partial charge is 0.463 e. The van der Waals surface area contributed by atoms with Crippen molar-refractivity contribution in [2.75, 3.05) is 12.4 Å². The number of rotatable bonds is 8. The van der Waals surface area contributed by atoms with Crippen molar-refractivity contribution >= 4 is 23.5 Å². The number of nitrogens with zero attached hydrogens (tertiary/aromatic N) is 1. The molecule has 1 atom stereocenters. The Labute approximate surface area is 170 Å². The zero-order chi connectivity index (χ0) is 20.7. The molecule has 1 aromatic carbocycles. The summed E-state index contributed by atoms with van der Waals surface area (Å²) in [6, 6.07) is 11.3. The standard InChI is InChI=1S/C22H26N2O3S/c1-5-27-22(26)20-15(4)24-21(18(12-23)17(20)11-14(2)3)28-13-19(25)16-9-7-6-8-10-16/h6-10,14,17,24H,5,11,13H2,1-4H3/t17-/m0/s1. The number of allylic oxidation sites excluding steroid dienone is 2. The predicted molar refractivity (Wildman–Crippen MR) is 111 cm³/mol. The van der Waals surface area contributed by atoms with E-state index in [0.717, 1.165) is 0 Å². The molecular weight excluding hydrogens is 372 g/mol. The maximum Gasteiger partial charge on any atom is 0.336 e. The minimum Gasteiger partial charge on any atom is -0.463 e. The second-order valence-electron chi connectivity index (χ2n) is 7.00. The Kier molecular flexibility index (Phi) is 7.89.